The molecule has 1 aromatic carbocycles. The van der Waals surface area contributed by atoms with E-state index in [9.17, 15) is 18.4 Å². The lowest BCUT2D eigenvalue weighted by Crippen LogP contribution is -2.32. The molecule has 1 aliphatic rings. The minimum Gasteiger partial charge on any atom is -0.349 e. The summed E-state index contributed by atoms with van der Waals surface area (Å²) < 4.78 is 29.0. The molecule has 1 N–H and O–H groups in total. The topological polar surface area (TPSA) is 93.0 Å². The number of hydrogen-bond donors (Lipinski definition) is 1. The third-order valence-corrected chi connectivity index (χ3v) is 5.59. The SMILES string of the molecule is O=C(CCc1cccnc1)NCc1nnc2n1CCN(C(=O)C=Cc1cc(F)ccc1F)CC2. The van der Waals surface area contributed by atoms with E-state index in [0.717, 1.165) is 29.6 Å². The van der Waals surface area contributed by atoms with Crippen molar-refractivity contribution in [2.45, 2.75) is 32.4 Å². The van der Waals surface area contributed by atoms with Gasteiger partial charge in [-0.05, 0) is 42.3 Å². The Morgan fingerprint density at radius 1 is 1.12 bits per heavy atom. The highest BCUT2D eigenvalue weighted by Crippen LogP contribution is 2.13. The van der Waals surface area contributed by atoms with Crippen molar-refractivity contribution in [1.82, 2.24) is 30.0 Å². The average molecular weight is 466 g/mol. The smallest absolute Gasteiger partial charge is 0.246 e. The summed E-state index contributed by atoms with van der Waals surface area (Å²) in [6.07, 6.45) is 7.38. The van der Waals surface area contributed by atoms with E-state index in [1.54, 1.807) is 17.3 Å². The van der Waals surface area contributed by atoms with Crippen molar-refractivity contribution in [1.29, 1.82) is 0 Å². The van der Waals surface area contributed by atoms with E-state index < -0.39 is 11.6 Å². The van der Waals surface area contributed by atoms with Crippen LogP contribution in [-0.4, -0.2) is 49.6 Å². The number of aryl methyl sites for hydroxylation is 1. The molecule has 3 aromatic rings. The lowest BCUT2D eigenvalue weighted by Gasteiger charge is -2.18. The maximum absolute atomic E-state index is 13.8. The van der Waals surface area contributed by atoms with E-state index in [0.29, 0.717) is 44.7 Å². The molecule has 0 radical (unpaired) electrons. The summed E-state index contributed by atoms with van der Waals surface area (Å²) in [7, 11) is 0. The largest absolute Gasteiger partial charge is 0.349 e. The molecule has 0 unspecified atom stereocenters. The van der Waals surface area contributed by atoms with Crippen LogP contribution in [0, 0.1) is 11.6 Å². The van der Waals surface area contributed by atoms with E-state index in [-0.39, 0.29) is 23.9 Å². The Kier molecular flexibility index (Phi) is 7.36. The van der Waals surface area contributed by atoms with Gasteiger partial charge in [-0.25, -0.2) is 8.78 Å². The van der Waals surface area contributed by atoms with Gasteiger partial charge in [-0.3, -0.25) is 14.6 Å². The van der Waals surface area contributed by atoms with Crippen molar-refractivity contribution in [2.24, 2.45) is 0 Å². The van der Waals surface area contributed by atoms with E-state index in [1.807, 2.05) is 16.7 Å². The fourth-order valence-corrected chi connectivity index (χ4v) is 3.71. The number of benzene rings is 1. The summed E-state index contributed by atoms with van der Waals surface area (Å²) in [4.78, 5) is 30.5. The van der Waals surface area contributed by atoms with Crippen LogP contribution >= 0.6 is 0 Å². The molecular formula is C24H24F2N6O2. The highest BCUT2D eigenvalue weighted by molar-refractivity contribution is 5.91. The zero-order valence-electron chi connectivity index (χ0n) is 18.5. The lowest BCUT2D eigenvalue weighted by atomic mass is 10.1. The van der Waals surface area contributed by atoms with Crippen LogP contribution in [0.5, 0.6) is 0 Å². The summed E-state index contributed by atoms with van der Waals surface area (Å²) in [6, 6.07) is 6.86. The first-order valence-corrected chi connectivity index (χ1v) is 11.0. The van der Waals surface area contributed by atoms with E-state index in [2.05, 4.69) is 20.5 Å². The molecule has 34 heavy (non-hydrogen) atoms. The van der Waals surface area contributed by atoms with Gasteiger partial charge in [-0.1, -0.05) is 6.07 Å². The Bertz CT molecular complexity index is 1200. The number of carbonyl (C=O) groups excluding carboxylic acids is 2. The number of amides is 2. The summed E-state index contributed by atoms with van der Waals surface area (Å²) in [5.41, 5.74) is 1.01. The fraction of sp³-hybridized carbons (Fsp3) is 0.292. The molecule has 10 heteroatoms. The first kappa shape index (κ1) is 23.2. The number of halogens is 2. The van der Waals surface area contributed by atoms with Gasteiger partial charge < -0.3 is 14.8 Å². The van der Waals surface area contributed by atoms with Gasteiger partial charge in [0.05, 0.1) is 6.54 Å². The van der Waals surface area contributed by atoms with Crippen LogP contribution < -0.4 is 5.32 Å². The van der Waals surface area contributed by atoms with E-state index >= 15 is 0 Å². The molecule has 2 aromatic heterocycles. The number of aromatic nitrogens is 4. The van der Waals surface area contributed by atoms with Crippen LogP contribution in [0.25, 0.3) is 6.08 Å². The maximum atomic E-state index is 13.8. The molecule has 8 nitrogen and oxygen atoms in total. The average Bonchev–Trinajstić information content (AvgIpc) is 3.11. The molecule has 0 saturated carbocycles. The van der Waals surface area contributed by atoms with Crippen LogP contribution in [0.3, 0.4) is 0 Å². The van der Waals surface area contributed by atoms with Gasteiger partial charge in [0.15, 0.2) is 5.82 Å². The Morgan fingerprint density at radius 2 is 2.00 bits per heavy atom. The first-order chi connectivity index (χ1) is 16.5. The maximum Gasteiger partial charge on any atom is 0.246 e. The number of carbonyl (C=O) groups is 2. The van der Waals surface area contributed by atoms with Crippen molar-refractivity contribution in [3.63, 3.8) is 0 Å². The van der Waals surface area contributed by atoms with Crippen LogP contribution in [0.2, 0.25) is 0 Å². The van der Waals surface area contributed by atoms with Gasteiger partial charge in [-0.15, -0.1) is 10.2 Å². The molecule has 0 fully saturated rings. The molecule has 0 spiro atoms. The Morgan fingerprint density at radius 3 is 2.82 bits per heavy atom. The van der Waals surface area contributed by atoms with Crippen molar-refractivity contribution in [3.05, 3.63) is 83.2 Å². The minimum atomic E-state index is -0.598. The fourth-order valence-electron chi connectivity index (χ4n) is 3.71. The van der Waals surface area contributed by atoms with Crippen molar-refractivity contribution in [2.75, 3.05) is 13.1 Å². The van der Waals surface area contributed by atoms with Gasteiger partial charge in [-0.2, -0.15) is 0 Å². The van der Waals surface area contributed by atoms with E-state index in [4.69, 9.17) is 0 Å². The summed E-state index contributed by atoms with van der Waals surface area (Å²) in [5.74, 6) is -0.210. The van der Waals surface area contributed by atoms with Crippen LogP contribution in [0.4, 0.5) is 8.78 Å². The quantitative estimate of drug-likeness (QED) is 0.540. The summed E-state index contributed by atoms with van der Waals surface area (Å²) in [5, 5.41) is 11.3. The number of nitrogens with one attached hydrogen (secondary N) is 1. The predicted octanol–water partition coefficient (Wildman–Crippen LogP) is 2.30. The standard InChI is InChI=1S/C24H24F2N6O2/c25-19-5-6-20(26)18(14-19)4-8-24(34)31-11-9-21-29-30-22(32(21)13-12-31)16-28-23(33)7-3-17-2-1-10-27-15-17/h1-2,4-6,8,10,14-15H,3,7,9,11-13,16H2,(H,28,33). The number of fused-ring (bicyclic) bond motifs is 1. The summed E-state index contributed by atoms with van der Waals surface area (Å²) in [6.45, 7) is 1.54. The van der Waals surface area contributed by atoms with Gasteiger partial charge >= 0.3 is 0 Å². The first-order valence-electron chi connectivity index (χ1n) is 11.0. The molecule has 3 heterocycles. The Hall–Kier alpha value is -3.95. The molecule has 176 valence electrons. The molecule has 0 atom stereocenters. The van der Waals surface area contributed by atoms with Crippen LogP contribution in [-0.2, 0) is 35.5 Å². The van der Waals surface area contributed by atoms with Crippen LogP contribution in [0.15, 0.2) is 48.8 Å². The molecule has 1 aliphatic heterocycles. The van der Waals surface area contributed by atoms with Gasteiger partial charge in [0.1, 0.15) is 17.5 Å². The van der Waals surface area contributed by atoms with E-state index in [1.165, 1.54) is 12.2 Å². The van der Waals surface area contributed by atoms with Gasteiger partial charge in [0, 0.05) is 56.5 Å². The second kappa shape index (κ2) is 10.8. The number of pyridine rings is 1. The highest BCUT2D eigenvalue weighted by atomic mass is 19.1. The third-order valence-electron chi connectivity index (χ3n) is 5.59. The van der Waals surface area contributed by atoms with Crippen LogP contribution in [0.1, 0.15) is 29.2 Å². The second-order valence-electron chi connectivity index (χ2n) is 7.90. The van der Waals surface area contributed by atoms with Crippen molar-refractivity contribution in [3.8, 4) is 0 Å². The zero-order valence-corrected chi connectivity index (χ0v) is 18.5. The second-order valence-corrected chi connectivity index (χ2v) is 7.90. The number of nitrogens with zero attached hydrogens (tertiary/aromatic N) is 5. The minimum absolute atomic E-state index is 0.0156. The molecule has 2 amide bonds. The van der Waals surface area contributed by atoms with Crippen molar-refractivity contribution >= 4 is 17.9 Å². The number of hydrogen-bond acceptors (Lipinski definition) is 5. The number of rotatable bonds is 7. The normalized spacial score (nSPS) is 13.5. The lowest BCUT2D eigenvalue weighted by molar-refractivity contribution is -0.126. The van der Waals surface area contributed by atoms with Crippen molar-refractivity contribution < 1.29 is 18.4 Å². The molecule has 0 saturated heterocycles. The predicted molar refractivity (Wildman–Crippen MR) is 120 cm³/mol. The monoisotopic (exact) mass is 466 g/mol. The molecule has 0 aliphatic carbocycles. The molecule has 4 rings (SSSR count). The third kappa shape index (κ3) is 5.89. The van der Waals surface area contributed by atoms with Gasteiger partial charge in [0.25, 0.3) is 0 Å². The Balaban J connectivity index is 1.30. The Labute approximate surface area is 195 Å². The molecular weight excluding hydrogens is 442 g/mol. The van der Waals surface area contributed by atoms with Gasteiger partial charge in [0.2, 0.25) is 11.8 Å². The summed E-state index contributed by atoms with van der Waals surface area (Å²) >= 11 is 0. The highest BCUT2D eigenvalue weighted by Gasteiger charge is 2.21. The zero-order chi connectivity index (χ0) is 23.9. The molecule has 0 bridgehead atoms.